The second kappa shape index (κ2) is 5.11. The first-order chi connectivity index (χ1) is 8.88. The number of halogens is 1. The van der Waals surface area contributed by atoms with Crippen LogP contribution in [0.1, 0.15) is 28.9 Å². The number of rotatable bonds is 4. The van der Waals surface area contributed by atoms with E-state index >= 15 is 0 Å². The largest absolute Gasteiger partial charge is 0.463 e. The van der Waals surface area contributed by atoms with Gasteiger partial charge in [-0.3, -0.25) is 4.79 Å². The van der Waals surface area contributed by atoms with E-state index in [1.165, 1.54) is 12.3 Å². The van der Waals surface area contributed by atoms with Gasteiger partial charge in [0.2, 0.25) is 0 Å². The molecule has 0 saturated carbocycles. The minimum absolute atomic E-state index is 0.0371. The smallest absolute Gasteiger partial charge is 0.267 e. The topological polar surface area (TPSA) is 78.3 Å². The summed E-state index contributed by atoms with van der Waals surface area (Å²) in [7, 11) is 0. The molecule has 2 aromatic rings. The Balaban J connectivity index is 2.00. The minimum Gasteiger partial charge on any atom is -0.463 e. The van der Waals surface area contributed by atoms with Crippen LogP contribution in [0.4, 0.5) is 0 Å². The third kappa shape index (κ3) is 3.19. The quantitative estimate of drug-likeness (QED) is 0.804. The number of amides is 1. The summed E-state index contributed by atoms with van der Waals surface area (Å²) in [6.07, 6.45) is 1.52. The molecule has 0 aliphatic carbocycles. The van der Waals surface area contributed by atoms with Crippen molar-refractivity contribution in [2.75, 3.05) is 6.54 Å². The predicted octanol–water partition coefficient (Wildman–Crippen LogP) is 2.21. The van der Waals surface area contributed by atoms with Crippen LogP contribution in [0, 0.1) is 6.92 Å². The Hall–Kier alpha value is -1.72. The second-order valence-corrected chi connectivity index (χ2v) is 5.03. The van der Waals surface area contributed by atoms with Gasteiger partial charge < -0.3 is 19.8 Å². The lowest BCUT2D eigenvalue weighted by Gasteiger charge is -2.21. The average Bonchev–Trinajstić information content (AvgIpc) is 2.95. The molecular formula is C13H15ClN2O3. The van der Waals surface area contributed by atoms with Crippen molar-refractivity contribution in [2.45, 2.75) is 19.4 Å². The zero-order chi connectivity index (χ0) is 14.0. The van der Waals surface area contributed by atoms with Gasteiger partial charge in [0.25, 0.3) is 5.91 Å². The molecule has 102 valence electrons. The van der Waals surface area contributed by atoms with Crippen molar-refractivity contribution in [3.8, 4) is 0 Å². The molecule has 0 aliphatic heterocycles. The van der Waals surface area contributed by atoms with Gasteiger partial charge in [0.15, 0.2) is 0 Å². The normalized spacial score (nSPS) is 14.1. The summed E-state index contributed by atoms with van der Waals surface area (Å²) in [6, 6.07) is 4.96. The van der Waals surface area contributed by atoms with Gasteiger partial charge in [0.1, 0.15) is 22.8 Å². The maximum Gasteiger partial charge on any atom is 0.267 e. The Morgan fingerprint density at radius 1 is 1.58 bits per heavy atom. The van der Waals surface area contributed by atoms with E-state index in [9.17, 15) is 9.90 Å². The molecule has 0 spiro atoms. The van der Waals surface area contributed by atoms with Gasteiger partial charge in [0, 0.05) is 6.20 Å². The molecule has 0 aliphatic rings. The van der Waals surface area contributed by atoms with Crippen LogP contribution in [-0.4, -0.2) is 22.5 Å². The van der Waals surface area contributed by atoms with Gasteiger partial charge in [0.05, 0.1) is 11.6 Å². The first-order valence-corrected chi connectivity index (χ1v) is 6.18. The lowest BCUT2D eigenvalue weighted by molar-refractivity contribution is 0.0322. The number of H-pyrrole nitrogens is 1. The van der Waals surface area contributed by atoms with E-state index in [1.54, 1.807) is 26.0 Å². The molecule has 0 aromatic carbocycles. The highest BCUT2D eigenvalue weighted by molar-refractivity contribution is 6.30. The molecule has 5 nitrogen and oxygen atoms in total. The summed E-state index contributed by atoms with van der Waals surface area (Å²) in [5.41, 5.74) is -0.920. The van der Waals surface area contributed by atoms with Crippen LogP contribution in [0.15, 0.2) is 28.8 Å². The summed E-state index contributed by atoms with van der Waals surface area (Å²) in [5, 5.41) is 13.3. The second-order valence-electron chi connectivity index (χ2n) is 4.60. The Labute approximate surface area is 115 Å². The Morgan fingerprint density at radius 2 is 2.32 bits per heavy atom. The maximum absolute atomic E-state index is 11.8. The van der Waals surface area contributed by atoms with Gasteiger partial charge >= 0.3 is 0 Å². The van der Waals surface area contributed by atoms with Crippen molar-refractivity contribution >= 4 is 17.5 Å². The Morgan fingerprint density at radius 3 is 2.84 bits per heavy atom. The summed E-state index contributed by atoms with van der Waals surface area (Å²) in [6.45, 7) is 3.40. The van der Waals surface area contributed by atoms with E-state index in [0.717, 1.165) is 0 Å². The van der Waals surface area contributed by atoms with Crippen LogP contribution < -0.4 is 5.32 Å². The minimum atomic E-state index is -1.26. The molecular weight excluding hydrogens is 268 g/mol. The molecule has 19 heavy (non-hydrogen) atoms. The molecule has 0 bridgehead atoms. The molecule has 3 N–H and O–H groups in total. The number of aromatic amines is 1. The van der Waals surface area contributed by atoms with Crippen LogP contribution in [0.25, 0.3) is 0 Å². The molecule has 0 fully saturated rings. The number of hydrogen-bond acceptors (Lipinski definition) is 3. The number of aryl methyl sites for hydroxylation is 1. The first kappa shape index (κ1) is 13.7. The first-order valence-electron chi connectivity index (χ1n) is 5.80. The van der Waals surface area contributed by atoms with Crippen molar-refractivity contribution in [1.82, 2.24) is 10.3 Å². The Kier molecular flexibility index (Phi) is 3.68. The van der Waals surface area contributed by atoms with Crippen LogP contribution >= 0.6 is 11.6 Å². The van der Waals surface area contributed by atoms with Crippen LogP contribution in [0.3, 0.4) is 0 Å². The van der Waals surface area contributed by atoms with Crippen LogP contribution in [0.5, 0.6) is 0 Å². The van der Waals surface area contributed by atoms with Gasteiger partial charge in [-0.1, -0.05) is 11.6 Å². The molecule has 1 amide bonds. The highest BCUT2D eigenvalue weighted by Gasteiger charge is 2.27. The van der Waals surface area contributed by atoms with Crippen molar-refractivity contribution in [2.24, 2.45) is 0 Å². The summed E-state index contributed by atoms with van der Waals surface area (Å²) in [4.78, 5) is 14.5. The molecule has 0 saturated heterocycles. The monoisotopic (exact) mass is 282 g/mol. The molecule has 0 radical (unpaired) electrons. The zero-order valence-corrected chi connectivity index (χ0v) is 11.4. The van der Waals surface area contributed by atoms with Gasteiger partial charge in [-0.15, -0.1) is 0 Å². The van der Waals surface area contributed by atoms with E-state index in [-0.39, 0.29) is 12.5 Å². The molecule has 2 aromatic heterocycles. The van der Waals surface area contributed by atoms with Crippen molar-refractivity contribution in [3.05, 3.63) is 46.6 Å². The van der Waals surface area contributed by atoms with E-state index in [4.69, 9.17) is 16.0 Å². The number of carbonyl (C=O) groups excluding carboxylic acids is 1. The van der Waals surface area contributed by atoms with Crippen molar-refractivity contribution < 1.29 is 14.3 Å². The van der Waals surface area contributed by atoms with E-state index in [0.29, 0.717) is 22.2 Å². The zero-order valence-electron chi connectivity index (χ0n) is 10.7. The number of furan rings is 1. The highest BCUT2D eigenvalue weighted by Crippen LogP contribution is 2.22. The van der Waals surface area contributed by atoms with Gasteiger partial charge in [-0.05, 0) is 32.0 Å². The maximum atomic E-state index is 11.8. The number of aliphatic hydroxyl groups is 1. The number of aromatic nitrogens is 1. The fourth-order valence-electron chi connectivity index (χ4n) is 1.66. The van der Waals surface area contributed by atoms with Crippen molar-refractivity contribution in [1.29, 1.82) is 0 Å². The van der Waals surface area contributed by atoms with Crippen molar-refractivity contribution in [3.63, 3.8) is 0 Å². The number of nitrogens with one attached hydrogen (secondary N) is 2. The molecule has 1 atom stereocenters. The molecule has 1 unspecified atom stereocenters. The van der Waals surface area contributed by atoms with Gasteiger partial charge in [-0.25, -0.2) is 0 Å². The third-order valence-electron chi connectivity index (χ3n) is 2.76. The molecule has 2 rings (SSSR count). The highest BCUT2D eigenvalue weighted by atomic mass is 35.5. The lowest BCUT2D eigenvalue weighted by atomic mass is 10.0. The molecule has 6 heteroatoms. The van der Waals surface area contributed by atoms with E-state index < -0.39 is 5.60 Å². The fraction of sp³-hybridized carbons (Fsp3) is 0.308. The third-order valence-corrected chi connectivity index (χ3v) is 2.97. The summed E-state index contributed by atoms with van der Waals surface area (Å²) < 4.78 is 5.36. The predicted molar refractivity (Wildman–Crippen MR) is 71.2 cm³/mol. The Bertz CT molecular complexity index is 586. The van der Waals surface area contributed by atoms with E-state index in [1.807, 2.05) is 0 Å². The van der Waals surface area contributed by atoms with Gasteiger partial charge in [-0.2, -0.15) is 0 Å². The summed E-state index contributed by atoms with van der Waals surface area (Å²) >= 11 is 5.72. The van der Waals surface area contributed by atoms with Crippen LogP contribution in [-0.2, 0) is 5.60 Å². The van der Waals surface area contributed by atoms with Crippen LogP contribution in [0.2, 0.25) is 5.02 Å². The standard InChI is InChI=1S/C13H15ClN2O3/c1-8-3-4-11(19-8)13(2,18)7-16-12(17)10-5-9(14)6-15-10/h3-6,15,18H,7H2,1-2H3,(H,16,17). The number of hydrogen-bond donors (Lipinski definition) is 3. The average molecular weight is 283 g/mol. The summed E-state index contributed by atoms with van der Waals surface area (Å²) in [5.74, 6) is 0.781. The lowest BCUT2D eigenvalue weighted by Crippen LogP contribution is -2.38. The SMILES string of the molecule is Cc1ccc(C(C)(O)CNC(=O)c2cc(Cl)c[nH]2)o1. The molecule has 2 heterocycles. The fourth-order valence-corrected chi connectivity index (χ4v) is 1.82. The number of carbonyl (C=O) groups is 1. The van der Waals surface area contributed by atoms with E-state index in [2.05, 4.69) is 10.3 Å².